The van der Waals surface area contributed by atoms with E-state index in [2.05, 4.69) is 36.6 Å². The molecular formula is C16H26N2O. The maximum atomic E-state index is 5.63. The molecule has 19 heavy (non-hydrogen) atoms. The molecule has 3 nitrogen and oxygen atoms in total. The van der Waals surface area contributed by atoms with Crippen LogP contribution in [0.1, 0.15) is 45.4 Å². The lowest BCUT2D eigenvalue weighted by Crippen LogP contribution is -2.58. The van der Waals surface area contributed by atoms with E-state index >= 15 is 0 Å². The van der Waals surface area contributed by atoms with Crippen molar-refractivity contribution in [1.82, 2.24) is 9.80 Å². The Kier molecular flexibility index (Phi) is 3.68. The van der Waals surface area contributed by atoms with Gasteiger partial charge in [0.2, 0.25) is 0 Å². The van der Waals surface area contributed by atoms with Crippen molar-refractivity contribution in [1.29, 1.82) is 0 Å². The van der Waals surface area contributed by atoms with Crippen molar-refractivity contribution in [3.8, 4) is 0 Å². The monoisotopic (exact) mass is 262 g/mol. The molecular weight excluding hydrogens is 236 g/mol. The van der Waals surface area contributed by atoms with E-state index < -0.39 is 0 Å². The molecule has 0 aromatic carbocycles. The van der Waals surface area contributed by atoms with Gasteiger partial charge in [-0.1, -0.05) is 13.8 Å². The Balaban J connectivity index is 1.80. The van der Waals surface area contributed by atoms with Crippen LogP contribution in [0.3, 0.4) is 0 Å². The zero-order valence-corrected chi connectivity index (χ0v) is 12.4. The molecule has 0 bridgehead atoms. The molecule has 3 heterocycles. The van der Waals surface area contributed by atoms with Crippen molar-refractivity contribution in [2.75, 3.05) is 19.6 Å². The summed E-state index contributed by atoms with van der Waals surface area (Å²) < 4.78 is 5.63. The predicted molar refractivity (Wildman–Crippen MR) is 77.1 cm³/mol. The first-order valence-electron chi connectivity index (χ1n) is 7.70. The molecule has 106 valence electrons. The van der Waals surface area contributed by atoms with Crippen molar-refractivity contribution in [2.24, 2.45) is 5.92 Å². The van der Waals surface area contributed by atoms with Crippen LogP contribution in [0.2, 0.25) is 0 Å². The summed E-state index contributed by atoms with van der Waals surface area (Å²) in [6, 6.07) is 5.93. The van der Waals surface area contributed by atoms with Crippen molar-refractivity contribution < 1.29 is 4.42 Å². The number of hydrogen-bond donors (Lipinski definition) is 0. The van der Waals surface area contributed by atoms with Gasteiger partial charge in [0.05, 0.1) is 12.3 Å². The zero-order valence-electron chi connectivity index (χ0n) is 12.4. The van der Waals surface area contributed by atoms with Gasteiger partial charge < -0.3 is 4.42 Å². The Hall–Kier alpha value is -0.800. The lowest BCUT2D eigenvalue weighted by molar-refractivity contribution is -0.00127. The molecule has 0 amide bonds. The lowest BCUT2D eigenvalue weighted by Gasteiger charge is -2.47. The van der Waals surface area contributed by atoms with Gasteiger partial charge in [0, 0.05) is 25.2 Å². The molecule has 2 aliphatic heterocycles. The largest absolute Gasteiger partial charge is 0.468 e. The van der Waals surface area contributed by atoms with Crippen LogP contribution >= 0.6 is 0 Å². The smallest absolute Gasteiger partial charge is 0.120 e. The highest BCUT2D eigenvalue weighted by Gasteiger charge is 2.39. The maximum Gasteiger partial charge on any atom is 0.120 e. The van der Waals surface area contributed by atoms with Crippen LogP contribution in [-0.2, 0) is 0 Å². The molecule has 2 aliphatic rings. The number of piperazine rings is 1. The van der Waals surface area contributed by atoms with Gasteiger partial charge in [-0.15, -0.1) is 0 Å². The van der Waals surface area contributed by atoms with Crippen molar-refractivity contribution in [3.63, 3.8) is 0 Å². The zero-order chi connectivity index (χ0) is 13.4. The highest BCUT2D eigenvalue weighted by atomic mass is 16.3. The second-order valence-electron chi connectivity index (χ2n) is 6.49. The summed E-state index contributed by atoms with van der Waals surface area (Å²) in [6.07, 6.45) is 4.53. The maximum absolute atomic E-state index is 5.63. The summed E-state index contributed by atoms with van der Waals surface area (Å²) in [6.45, 7) is 10.7. The molecule has 1 aromatic heterocycles. The third kappa shape index (κ3) is 2.46. The fraction of sp³-hybridized carbons (Fsp3) is 0.750. The van der Waals surface area contributed by atoms with Crippen LogP contribution in [0.5, 0.6) is 0 Å². The Morgan fingerprint density at radius 2 is 2.11 bits per heavy atom. The van der Waals surface area contributed by atoms with Crippen LogP contribution in [0.4, 0.5) is 0 Å². The van der Waals surface area contributed by atoms with Gasteiger partial charge >= 0.3 is 0 Å². The van der Waals surface area contributed by atoms with Gasteiger partial charge in [0.15, 0.2) is 0 Å². The Morgan fingerprint density at radius 3 is 2.79 bits per heavy atom. The molecule has 1 aromatic rings. The molecule has 3 unspecified atom stereocenters. The standard InChI is InChI=1S/C16H26N2O/c1-12(2)15-11-17-8-4-6-14(17)10-18(15)13(3)16-7-5-9-19-16/h5,7,9,12-15H,4,6,8,10-11H2,1-3H3. The normalized spacial score (nSPS) is 30.7. The SMILES string of the molecule is CC(C)C1CN2CCCC2CN1C(C)c1ccco1. The Labute approximate surface area is 116 Å². The van der Waals surface area contributed by atoms with E-state index in [9.17, 15) is 0 Å². The molecule has 3 heteroatoms. The van der Waals surface area contributed by atoms with Crippen molar-refractivity contribution in [3.05, 3.63) is 24.2 Å². The van der Waals surface area contributed by atoms with E-state index in [1.807, 2.05) is 6.07 Å². The first kappa shape index (κ1) is 13.2. The van der Waals surface area contributed by atoms with E-state index in [4.69, 9.17) is 4.42 Å². The van der Waals surface area contributed by atoms with Crippen molar-refractivity contribution in [2.45, 2.75) is 51.7 Å². The minimum absolute atomic E-state index is 0.394. The average molecular weight is 262 g/mol. The minimum atomic E-state index is 0.394. The number of furan rings is 1. The third-order valence-electron chi connectivity index (χ3n) is 4.99. The van der Waals surface area contributed by atoms with Gasteiger partial charge in [-0.2, -0.15) is 0 Å². The summed E-state index contributed by atoms with van der Waals surface area (Å²) in [5.74, 6) is 1.80. The molecule has 3 atom stereocenters. The van der Waals surface area contributed by atoms with E-state index in [1.165, 1.54) is 32.5 Å². The number of rotatable bonds is 3. The fourth-order valence-electron chi connectivity index (χ4n) is 3.80. The lowest BCUT2D eigenvalue weighted by atomic mass is 9.95. The van der Waals surface area contributed by atoms with Gasteiger partial charge in [-0.05, 0) is 44.4 Å². The molecule has 3 rings (SSSR count). The highest BCUT2D eigenvalue weighted by Crippen LogP contribution is 2.33. The van der Waals surface area contributed by atoms with Crippen LogP contribution in [0.25, 0.3) is 0 Å². The van der Waals surface area contributed by atoms with E-state index in [0.29, 0.717) is 18.0 Å². The van der Waals surface area contributed by atoms with Gasteiger partial charge in [-0.25, -0.2) is 0 Å². The fourth-order valence-corrected chi connectivity index (χ4v) is 3.80. The topological polar surface area (TPSA) is 19.6 Å². The second-order valence-corrected chi connectivity index (χ2v) is 6.49. The quantitative estimate of drug-likeness (QED) is 0.834. The van der Waals surface area contributed by atoms with Gasteiger partial charge in [0.1, 0.15) is 5.76 Å². The van der Waals surface area contributed by atoms with E-state index in [-0.39, 0.29) is 0 Å². The Bertz CT molecular complexity index is 401. The molecule has 0 saturated carbocycles. The molecule has 2 fully saturated rings. The Morgan fingerprint density at radius 1 is 1.26 bits per heavy atom. The van der Waals surface area contributed by atoms with Crippen LogP contribution in [0.15, 0.2) is 22.8 Å². The second kappa shape index (κ2) is 5.29. The third-order valence-corrected chi connectivity index (χ3v) is 4.99. The number of fused-ring (bicyclic) bond motifs is 1. The average Bonchev–Trinajstić information content (AvgIpc) is 3.06. The summed E-state index contributed by atoms with van der Waals surface area (Å²) in [5, 5.41) is 0. The molecule has 0 N–H and O–H groups in total. The van der Waals surface area contributed by atoms with Crippen LogP contribution < -0.4 is 0 Å². The number of hydrogen-bond acceptors (Lipinski definition) is 3. The number of nitrogens with zero attached hydrogens (tertiary/aromatic N) is 2. The molecule has 0 radical (unpaired) electrons. The summed E-state index contributed by atoms with van der Waals surface area (Å²) in [7, 11) is 0. The minimum Gasteiger partial charge on any atom is -0.468 e. The summed E-state index contributed by atoms with van der Waals surface area (Å²) in [5.41, 5.74) is 0. The molecule has 0 aliphatic carbocycles. The molecule has 0 spiro atoms. The summed E-state index contributed by atoms with van der Waals surface area (Å²) >= 11 is 0. The van der Waals surface area contributed by atoms with Gasteiger partial charge in [0.25, 0.3) is 0 Å². The predicted octanol–water partition coefficient (Wildman–Crippen LogP) is 3.15. The first-order chi connectivity index (χ1) is 9.16. The van der Waals surface area contributed by atoms with Gasteiger partial charge in [-0.3, -0.25) is 9.80 Å². The van der Waals surface area contributed by atoms with Crippen LogP contribution in [0, 0.1) is 5.92 Å². The highest BCUT2D eigenvalue weighted by molar-refractivity contribution is 5.06. The van der Waals surface area contributed by atoms with E-state index in [1.54, 1.807) is 6.26 Å². The molecule has 2 saturated heterocycles. The van der Waals surface area contributed by atoms with E-state index in [0.717, 1.165) is 11.8 Å². The first-order valence-corrected chi connectivity index (χ1v) is 7.70. The summed E-state index contributed by atoms with van der Waals surface area (Å²) in [4.78, 5) is 5.38. The van der Waals surface area contributed by atoms with Crippen molar-refractivity contribution >= 4 is 0 Å². The van der Waals surface area contributed by atoms with Crippen LogP contribution in [-0.4, -0.2) is 41.5 Å².